The lowest BCUT2D eigenvalue weighted by molar-refractivity contribution is -0.388. The van der Waals surface area contributed by atoms with Gasteiger partial charge in [0.1, 0.15) is 5.82 Å². The Balaban J connectivity index is 2.29. The number of hydrogen-bond acceptors (Lipinski definition) is 5. The number of thiophene rings is 1. The van der Waals surface area contributed by atoms with Crippen LogP contribution < -0.4 is 4.72 Å². The molecule has 0 unspecified atom stereocenters. The van der Waals surface area contributed by atoms with Gasteiger partial charge >= 0.3 is 0 Å². The van der Waals surface area contributed by atoms with Crippen molar-refractivity contribution in [3.63, 3.8) is 0 Å². The fourth-order valence-corrected chi connectivity index (χ4v) is 4.19. The van der Waals surface area contributed by atoms with E-state index in [9.17, 15) is 22.9 Å². The molecule has 0 saturated heterocycles. The Kier molecular flexibility index (Phi) is 4.71. The van der Waals surface area contributed by atoms with Crippen LogP contribution >= 0.6 is 27.3 Å². The fourth-order valence-electron chi connectivity index (χ4n) is 1.55. The molecule has 0 aliphatic carbocycles. The molecule has 0 spiro atoms. The topological polar surface area (TPSA) is 89.3 Å². The lowest BCUT2D eigenvalue weighted by Crippen LogP contribution is -2.23. The van der Waals surface area contributed by atoms with Crippen LogP contribution in [0.2, 0.25) is 0 Å². The lowest BCUT2D eigenvalue weighted by atomic mass is 10.3. The summed E-state index contributed by atoms with van der Waals surface area (Å²) in [5, 5.41) is 12.6. The number of nitrogens with zero attached hydrogens (tertiary/aromatic N) is 1. The van der Waals surface area contributed by atoms with E-state index in [4.69, 9.17) is 0 Å². The highest BCUT2D eigenvalue weighted by Crippen LogP contribution is 2.25. The molecule has 2 rings (SSSR count). The van der Waals surface area contributed by atoms with Gasteiger partial charge in [-0.3, -0.25) is 10.1 Å². The summed E-state index contributed by atoms with van der Waals surface area (Å²) in [5.74, 6) is -0.872. The largest absolute Gasteiger partial charge is 0.292 e. The molecule has 1 aromatic carbocycles. The first-order valence-corrected chi connectivity index (χ1v) is 8.62. The summed E-state index contributed by atoms with van der Waals surface area (Å²) in [4.78, 5) is 10.1. The van der Waals surface area contributed by atoms with Gasteiger partial charge in [-0.2, -0.15) is 0 Å². The first-order chi connectivity index (χ1) is 9.79. The van der Waals surface area contributed by atoms with E-state index in [0.29, 0.717) is 6.07 Å². The summed E-state index contributed by atoms with van der Waals surface area (Å²) in [6.07, 6.45) is 0. The van der Waals surface area contributed by atoms with Crippen LogP contribution in [-0.2, 0) is 16.6 Å². The second-order valence-corrected chi connectivity index (χ2v) is 7.57. The molecule has 21 heavy (non-hydrogen) atoms. The van der Waals surface area contributed by atoms with Crippen LogP contribution in [0.4, 0.5) is 10.1 Å². The predicted molar refractivity (Wildman–Crippen MR) is 79.1 cm³/mol. The Bertz CT molecular complexity index is 791. The molecule has 0 radical (unpaired) electrons. The van der Waals surface area contributed by atoms with Crippen LogP contribution in [0.3, 0.4) is 0 Å². The monoisotopic (exact) mass is 394 g/mol. The van der Waals surface area contributed by atoms with Crippen LogP contribution in [0.5, 0.6) is 0 Å². The van der Waals surface area contributed by atoms with E-state index in [1.54, 1.807) is 11.4 Å². The van der Waals surface area contributed by atoms with Crippen molar-refractivity contribution in [1.29, 1.82) is 0 Å². The molecule has 0 fully saturated rings. The van der Waals surface area contributed by atoms with Gasteiger partial charge in [-0.25, -0.2) is 17.5 Å². The van der Waals surface area contributed by atoms with Gasteiger partial charge < -0.3 is 0 Å². The summed E-state index contributed by atoms with van der Waals surface area (Å²) in [6, 6.07) is 4.05. The summed E-state index contributed by atoms with van der Waals surface area (Å²) < 4.78 is 40.3. The Morgan fingerprint density at radius 2 is 2.10 bits per heavy atom. The number of nitrogens with one attached hydrogen (secondary N) is 1. The van der Waals surface area contributed by atoms with Crippen molar-refractivity contribution in [3.05, 3.63) is 54.9 Å². The number of halogens is 2. The second-order valence-electron chi connectivity index (χ2n) is 3.92. The van der Waals surface area contributed by atoms with Gasteiger partial charge in [0.2, 0.25) is 10.0 Å². The molecular formula is C11H8BrFN2O4S2. The van der Waals surface area contributed by atoms with Crippen LogP contribution in [0, 0.1) is 15.9 Å². The van der Waals surface area contributed by atoms with E-state index in [2.05, 4.69) is 20.7 Å². The first-order valence-electron chi connectivity index (χ1n) is 5.46. The molecule has 6 nitrogen and oxygen atoms in total. The Morgan fingerprint density at radius 1 is 1.38 bits per heavy atom. The number of sulfonamides is 1. The molecular weight excluding hydrogens is 387 g/mol. The molecule has 0 aliphatic heterocycles. The van der Waals surface area contributed by atoms with E-state index < -0.39 is 31.3 Å². The molecule has 0 amide bonds. The average Bonchev–Trinajstić information content (AvgIpc) is 2.82. The Hall–Kier alpha value is -1.36. The zero-order chi connectivity index (χ0) is 15.6. The van der Waals surface area contributed by atoms with Gasteiger partial charge in [0.05, 0.1) is 11.0 Å². The smallest absolute Gasteiger partial charge is 0.258 e. The van der Waals surface area contributed by atoms with E-state index in [-0.39, 0.29) is 6.54 Å². The molecule has 0 aliphatic rings. The minimum Gasteiger partial charge on any atom is -0.258 e. The molecule has 0 bridgehead atoms. The second kappa shape index (κ2) is 6.18. The van der Waals surface area contributed by atoms with Crippen molar-refractivity contribution < 1.29 is 17.7 Å². The highest BCUT2D eigenvalue weighted by molar-refractivity contribution is 9.10. The Morgan fingerprint density at radius 3 is 2.67 bits per heavy atom. The van der Waals surface area contributed by atoms with Gasteiger partial charge in [-0.1, -0.05) is 0 Å². The number of benzene rings is 1. The normalized spacial score (nSPS) is 11.5. The van der Waals surface area contributed by atoms with Gasteiger partial charge in [0.15, 0.2) is 4.90 Å². The molecule has 1 heterocycles. The first kappa shape index (κ1) is 16.0. The van der Waals surface area contributed by atoms with Gasteiger partial charge in [0, 0.05) is 21.3 Å². The standard InChI is InChI=1S/C11H8BrFN2O4S2/c12-7-3-9(20-6-7)5-14-21(18,19)11-2-1-8(13)4-10(11)15(16)17/h1-4,6,14H,5H2. The third-order valence-electron chi connectivity index (χ3n) is 2.47. The van der Waals surface area contributed by atoms with E-state index >= 15 is 0 Å². The van der Waals surface area contributed by atoms with Crippen LogP contribution in [-0.4, -0.2) is 13.3 Å². The van der Waals surface area contributed by atoms with Crippen LogP contribution in [0.15, 0.2) is 39.0 Å². The van der Waals surface area contributed by atoms with Crippen molar-refractivity contribution in [2.24, 2.45) is 0 Å². The number of rotatable bonds is 5. The minimum atomic E-state index is -4.11. The minimum absolute atomic E-state index is 0.00681. The summed E-state index contributed by atoms with van der Waals surface area (Å²) in [5.41, 5.74) is -0.796. The SMILES string of the molecule is O=[N+]([O-])c1cc(F)ccc1S(=O)(=O)NCc1cc(Br)cs1. The van der Waals surface area contributed by atoms with Crippen LogP contribution in [0.25, 0.3) is 0 Å². The molecule has 0 saturated carbocycles. The van der Waals surface area contributed by atoms with Crippen molar-refractivity contribution in [2.45, 2.75) is 11.4 Å². The van der Waals surface area contributed by atoms with Crippen LogP contribution in [0.1, 0.15) is 4.88 Å². The molecule has 112 valence electrons. The zero-order valence-corrected chi connectivity index (χ0v) is 13.5. The molecule has 10 heteroatoms. The van der Waals surface area contributed by atoms with Gasteiger partial charge in [-0.15, -0.1) is 11.3 Å². The summed E-state index contributed by atoms with van der Waals surface area (Å²) in [7, 11) is -4.11. The molecule has 0 atom stereocenters. The van der Waals surface area contributed by atoms with E-state index in [1.165, 1.54) is 11.3 Å². The number of nitro benzene ring substituents is 1. The number of hydrogen-bond donors (Lipinski definition) is 1. The molecule has 2 aromatic rings. The van der Waals surface area contributed by atoms with Crippen molar-refractivity contribution in [2.75, 3.05) is 0 Å². The Labute approximate surface area is 131 Å². The van der Waals surface area contributed by atoms with Crippen molar-refractivity contribution >= 4 is 43.0 Å². The maximum atomic E-state index is 13.0. The van der Waals surface area contributed by atoms with Gasteiger partial charge in [-0.05, 0) is 34.1 Å². The van der Waals surface area contributed by atoms with Crippen molar-refractivity contribution in [1.82, 2.24) is 4.72 Å². The molecule has 1 aromatic heterocycles. The van der Waals surface area contributed by atoms with Gasteiger partial charge in [0.25, 0.3) is 5.69 Å². The average molecular weight is 395 g/mol. The summed E-state index contributed by atoms with van der Waals surface area (Å²) >= 11 is 4.57. The van der Waals surface area contributed by atoms with Crippen molar-refractivity contribution in [3.8, 4) is 0 Å². The zero-order valence-electron chi connectivity index (χ0n) is 10.2. The highest BCUT2D eigenvalue weighted by Gasteiger charge is 2.26. The maximum Gasteiger partial charge on any atom is 0.292 e. The maximum absolute atomic E-state index is 13.0. The molecule has 1 N–H and O–H groups in total. The fraction of sp³-hybridized carbons (Fsp3) is 0.0909. The highest BCUT2D eigenvalue weighted by atomic mass is 79.9. The lowest BCUT2D eigenvalue weighted by Gasteiger charge is -2.06. The summed E-state index contributed by atoms with van der Waals surface area (Å²) in [6.45, 7) is -0.00681. The van der Waals surface area contributed by atoms with E-state index in [0.717, 1.165) is 21.5 Å². The quantitative estimate of drug-likeness (QED) is 0.623. The van der Waals surface area contributed by atoms with E-state index in [1.807, 2.05) is 0 Å². The third kappa shape index (κ3) is 3.84. The predicted octanol–water partition coefficient (Wildman–Crippen LogP) is 3.04. The number of nitro groups is 1. The third-order valence-corrected chi connectivity index (χ3v) is 5.61.